The number of nitrogens with zero attached hydrogens (tertiary/aromatic N) is 7. The smallest absolute Gasteiger partial charge is 0.254 e. The number of carbonyl (C=O) groups is 1. The summed E-state index contributed by atoms with van der Waals surface area (Å²) < 4.78 is 8.06. The molecule has 1 aromatic carbocycles. The van der Waals surface area contributed by atoms with Crippen LogP contribution < -0.4 is 10.1 Å². The second-order valence-electron chi connectivity index (χ2n) is 12.1. The number of nitrogens with one attached hydrogen (secondary N) is 1. The van der Waals surface area contributed by atoms with Gasteiger partial charge in [0, 0.05) is 55.0 Å². The van der Waals surface area contributed by atoms with Crippen LogP contribution in [0.5, 0.6) is 5.75 Å². The molecule has 3 heterocycles. The molecule has 0 atom stereocenters. The number of ether oxygens (including phenoxy) is 1. The first-order valence-corrected chi connectivity index (χ1v) is 14.1. The Balaban J connectivity index is 1.19. The summed E-state index contributed by atoms with van der Waals surface area (Å²) in [6, 6.07) is 6.90. The molecule has 0 radical (unpaired) electrons. The monoisotopic (exact) mass is 578 g/mol. The highest BCUT2D eigenvalue weighted by Crippen LogP contribution is 2.55. The largest absolute Gasteiger partial charge is 0.489 e. The van der Waals surface area contributed by atoms with Gasteiger partial charge in [0.2, 0.25) is 0 Å². The van der Waals surface area contributed by atoms with E-state index in [1.807, 2.05) is 0 Å². The van der Waals surface area contributed by atoms with E-state index < -0.39 is 0 Å². The van der Waals surface area contributed by atoms with Crippen molar-refractivity contribution in [1.29, 1.82) is 5.26 Å². The maximum absolute atomic E-state index is 13.2. The van der Waals surface area contributed by atoms with Crippen molar-refractivity contribution in [3.8, 4) is 23.3 Å². The van der Waals surface area contributed by atoms with Crippen molar-refractivity contribution in [3.63, 3.8) is 0 Å². The fraction of sp³-hybridized carbons (Fsp3) is 0.517. The van der Waals surface area contributed by atoms with Crippen molar-refractivity contribution < 1.29 is 14.6 Å². The Bertz CT molecular complexity index is 1420. The van der Waals surface area contributed by atoms with Crippen LogP contribution >= 0.6 is 11.6 Å². The number of carbonyl (C=O) groups excluding carboxylic acids is 1. The third-order valence-corrected chi connectivity index (χ3v) is 8.73. The SMILES string of the molecule is CC1(C)C(NC(=O)c2cnc(-c3cn(CN4CCC(CO)CC4)nn3)nc2)C(C)(C)C1Oc1ccc(C#N)c(Cl)c1. The van der Waals surface area contributed by atoms with Crippen LogP contribution in [0.25, 0.3) is 11.5 Å². The van der Waals surface area contributed by atoms with Crippen LogP contribution in [-0.2, 0) is 6.67 Å². The molecule has 3 aromatic rings. The number of hydrogen-bond donors (Lipinski definition) is 2. The first kappa shape index (κ1) is 28.9. The van der Waals surface area contributed by atoms with Gasteiger partial charge < -0.3 is 15.2 Å². The van der Waals surface area contributed by atoms with Crippen molar-refractivity contribution in [2.24, 2.45) is 16.7 Å². The van der Waals surface area contributed by atoms with E-state index in [1.165, 1.54) is 12.4 Å². The molecule has 12 heteroatoms. The highest BCUT2D eigenvalue weighted by molar-refractivity contribution is 6.31. The molecular formula is C29H35ClN8O3. The second kappa shape index (κ2) is 11.4. The van der Waals surface area contributed by atoms with Gasteiger partial charge in [-0.1, -0.05) is 44.5 Å². The van der Waals surface area contributed by atoms with Crippen LogP contribution in [0.1, 0.15) is 56.5 Å². The maximum Gasteiger partial charge on any atom is 0.254 e. The third-order valence-electron chi connectivity index (χ3n) is 8.42. The van der Waals surface area contributed by atoms with Crippen molar-refractivity contribution >= 4 is 17.5 Å². The summed E-state index contributed by atoms with van der Waals surface area (Å²) in [5, 5.41) is 30.4. The lowest BCUT2D eigenvalue weighted by Gasteiger charge is -2.63. The van der Waals surface area contributed by atoms with Gasteiger partial charge in [-0.25, -0.2) is 14.6 Å². The summed E-state index contributed by atoms with van der Waals surface area (Å²) in [7, 11) is 0. The average Bonchev–Trinajstić information content (AvgIpc) is 3.43. The molecule has 2 fully saturated rings. The minimum absolute atomic E-state index is 0.177. The number of benzene rings is 1. The van der Waals surface area contributed by atoms with Crippen molar-refractivity contribution in [2.45, 2.75) is 59.4 Å². The predicted molar refractivity (Wildman–Crippen MR) is 152 cm³/mol. The zero-order valence-corrected chi connectivity index (χ0v) is 24.5. The topological polar surface area (TPSA) is 142 Å². The van der Waals surface area contributed by atoms with Crippen LogP contribution in [0.2, 0.25) is 5.02 Å². The Morgan fingerprint density at radius 1 is 1.20 bits per heavy atom. The zero-order valence-electron chi connectivity index (χ0n) is 23.7. The van der Waals surface area contributed by atoms with Crippen LogP contribution in [0.15, 0.2) is 36.8 Å². The van der Waals surface area contributed by atoms with Crippen LogP contribution in [-0.4, -0.2) is 72.7 Å². The second-order valence-corrected chi connectivity index (χ2v) is 12.5. The van der Waals surface area contributed by atoms with Crippen molar-refractivity contribution in [3.05, 3.63) is 52.9 Å². The van der Waals surface area contributed by atoms with Crippen molar-refractivity contribution in [2.75, 3.05) is 19.7 Å². The summed E-state index contributed by atoms with van der Waals surface area (Å²) >= 11 is 6.19. The first-order chi connectivity index (χ1) is 19.5. The highest BCUT2D eigenvalue weighted by Gasteiger charge is 2.64. The van der Waals surface area contributed by atoms with Gasteiger partial charge in [0.05, 0.1) is 29.0 Å². The molecule has 2 N–H and O–H groups in total. The molecule has 0 bridgehead atoms. The fourth-order valence-electron chi connectivity index (χ4n) is 6.37. The highest BCUT2D eigenvalue weighted by atomic mass is 35.5. The molecule has 1 amide bonds. The maximum atomic E-state index is 13.2. The molecule has 0 spiro atoms. The van der Waals surface area contributed by atoms with Gasteiger partial charge in [-0.2, -0.15) is 5.26 Å². The van der Waals surface area contributed by atoms with Crippen molar-refractivity contribution in [1.82, 2.24) is 35.2 Å². The summed E-state index contributed by atoms with van der Waals surface area (Å²) in [6.07, 6.45) is 6.54. The van der Waals surface area contributed by atoms with E-state index in [1.54, 1.807) is 29.1 Å². The number of piperidine rings is 1. The number of aliphatic hydroxyl groups is 1. The molecule has 216 valence electrons. The number of aromatic nitrogens is 5. The summed E-state index contributed by atoms with van der Waals surface area (Å²) in [4.78, 5) is 24.2. The van der Waals surface area contributed by atoms with Gasteiger partial charge >= 0.3 is 0 Å². The fourth-order valence-corrected chi connectivity index (χ4v) is 6.59. The zero-order chi connectivity index (χ0) is 29.4. The normalized spacial score (nSPS) is 22.0. The van der Waals surface area contributed by atoms with Gasteiger partial charge in [-0.3, -0.25) is 9.69 Å². The minimum atomic E-state index is -0.383. The van der Waals surface area contributed by atoms with Gasteiger partial charge in [0.25, 0.3) is 5.91 Å². The molecule has 1 saturated carbocycles. The Morgan fingerprint density at radius 3 is 2.49 bits per heavy atom. The van der Waals surface area contributed by atoms with Gasteiger partial charge in [0.15, 0.2) is 5.82 Å². The Hall–Kier alpha value is -3.59. The molecule has 0 unspecified atom stereocenters. The van der Waals surface area contributed by atoms with Gasteiger partial charge in [-0.15, -0.1) is 5.10 Å². The molecule has 1 saturated heterocycles. The molecule has 2 aromatic heterocycles. The molecular weight excluding hydrogens is 544 g/mol. The lowest BCUT2D eigenvalue weighted by Crippen LogP contribution is -2.74. The number of nitriles is 1. The standard InChI is InChI=1S/C29H35ClN8O3/c1-28(2)26(29(3,4)27(28)41-21-6-5-19(12-31)22(30)11-21)34-25(40)20-13-32-24(33-14-20)23-15-38(36-35-23)17-37-9-7-18(16-39)8-10-37/h5-6,11,13-15,18,26-27,39H,7-10,16-17H2,1-4H3,(H,34,40). The number of aliphatic hydroxyl groups excluding tert-OH is 1. The van der Waals surface area contributed by atoms with E-state index in [0.29, 0.717) is 46.0 Å². The number of hydrogen-bond acceptors (Lipinski definition) is 9. The summed E-state index contributed by atoms with van der Waals surface area (Å²) in [6.45, 7) is 10.9. The van der Waals surface area contributed by atoms with Gasteiger partial charge in [-0.05, 0) is 30.9 Å². The lowest BCUT2D eigenvalue weighted by atomic mass is 9.49. The quantitative estimate of drug-likeness (QED) is 0.410. The number of amides is 1. The molecule has 41 heavy (non-hydrogen) atoms. The third kappa shape index (κ3) is 5.77. The molecule has 1 aliphatic heterocycles. The van der Waals surface area contributed by atoms with E-state index >= 15 is 0 Å². The molecule has 2 aliphatic rings. The van der Waals surface area contributed by atoms with Gasteiger partial charge in [0.1, 0.15) is 23.6 Å². The van der Waals surface area contributed by atoms with Crippen LogP contribution in [0.4, 0.5) is 0 Å². The Morgan fingerprint density at radius 2 is 1.88 bits per heavy atom. The number of halogens is 1. The average molecular weight is 579 g/mol. The Labute approximate surface area is 244 Å². The van der Waals surface area contributed by atoms with E-state index in [0.717, 1.165) is 25.9 Å². The van der Waals surface area contributed by atoms with E-state index in [2.05, 4.69) is 64.3 Å². The predicted octanol–water partition coefficient (Wildman–Crippen LogP) is 3.53. The van der Waals surface area contributed by atoms with E-state index in [4.69, 9.17) is 21.6 Å². The molecule has 11 nitrogen and oxygen atoms in total. The first-order valence-electron chi connectivity index (χ1n) is 13.8. The summed E-state index contributed by atoms with van der Waals surface area (Å²) in [5.74, 6) is 1.09. The number of likely N-dealkylation sites (tertiary alicyclic amines) is 1. The minimum Gasteiger partial charge on any atom is -0.489 e. The van der Waals surface area contributed by atoms with Crippen LogP contribution in [0.3, 0.4) is 0 Å². The lowest BCUT2D eigenvalue weighted by molar-refractivity contribution is -0.164. The Kier molecular flexibility index (Phi) is 8.01. The number of rotatable bonds is 8. The molecule has 5 rings (SSSR count). The van der Waals surface area contributed by atoms with Crippen LogP contribution in [0, 0.1) is 28.1 Å². The van der Waals surface area contributed by atoms with E-state index in [9.17, 15) is 9.90 Å². The summed E-state index contributed by atoms with van der Waals surface area (Å²) in [5.41, 5.74) is 0.511. The van der Waals surface area contributed by atoms with E-state index in [-0.39, 0.29) is 35.5 Å². The molecule has 1 aliphatic carbocycles.